The largest absolute Gasteiger partial charge is 0.414 e. The van der Waals surface area contributed by atoms with Gasteiger partial charge in [-0.05, 0) is 46.8 Å². The van der Waals surface area contributed by atoms with Gasteiger partial charge < -0.3 is 9.33 Å². The van der Waals surface area contributed by atoms with E-state index in [-0.39, 0.29) is 23.2 Å². The number of carbonyl (C=O) groups excluding carboxylic acids is 1. The van der Waals surface area contributed by atoms with Crippen molar-refractivity contribution in [1.29, 1.82) is 0 Å². The molecule has 2 aliphatic rings. The van der Waals surface area contributed by atoms with E-state index in [0.717, 1.165) is 3.58 Å². The van der Waals surface area contributed by atoms with Crippen molar-refractivity contribution >= 4 is 36.9 Å². The lowest BCUT2D eigenvalue weighted by Crippen LogP contribution is -2.47. The second kappa shape index (κ2) is 6.85. The Hall–Kier alpha value is -0.383. The topological polar surface area (TPSA) is 42.0 Å². The van der Waals surface area contributed by atoms with Crippen LogP contribution in [0.25, 0.3) is 0 Å². The molecular formula is C16H27IN2O3Si. The Balaban J connectivity index is 2.07. The number of halogens is 1. The Morgan fingerprint density at radius 3 is 2.70 bits per heavy atom. The van der Waals surface area contributed by atoms with Crippen LogP contribution >= 0.6 is 22.6 Å². The van der Waals surface area contributed by atoms with Gasteiger partial charge in [-0.15, -0.1) is 6.58 Å². The Bertz CT molecular complexity index is 516. The third kappa shape index (κ3) is 3.83. The summed E-state index contributed by atoms with van der Waals surface area (Å²) >= 11 is 2.30. The molecule has 0 aromatic heterocycles. The van der Waals surface area contributed by atoms with Crippen LogP contribution in [-0.2, 0) is 9.26 Å². The number of carbonyl (C=O) groups is 1. The summed E-state index contributed by atoms with van der Waals surface area (Å²) in [7, 11) is -1.83. The molecular weight excluding hydrogens is 423 g/mol. The van der Waals surface area contributed by atoms with E-state index in [1.165, 1.54) is 5.06 Å². The van der Waals surface area contributed by atoms with Crippen molar-refractivity contribution in [3.63, 3.8) is 0 Å². The summed E-state index contributed by atoms with van der Waals surface area (Å²) in [5.74, 6) is 0. The molecule has 0 radical (unpaired) electrons. The Labute approximate surface area is 153 Å². The first-order chi connectivity index (χ1) is 10.6. The minimum absolute atomic E-state index is 0.00725. The minimum Gasteiger partial charge on any atom is -0.414 e. The molecule has 0 spiro atoms. The molecule has 130 valence electrons. The maximum absolute atomic E-state index is 12.6. The van der Waals surface area contributed by atoms with Gasteiger partial charge in [0.1, 0.15) is 6.04 Å². The molecule has 1 fully saturated rings. The fourth-order valence-electron chi connectivity index (χ4n) is 2.39. The molecule has 0 saturated carbocycles. The predicted octanol–water partition coefficient (Wildman–Crippen LogP) is 3.93. The third-order valence-corrected chi connectivity index (χ3v) is 10.5. The molecule has 2 aliphatic heterocycles. The number of urea groups is 1. The first-order valence-electron chi connectivity index (χ1n) is 7.93. The van der Waals surface area contributed by atoms with E-state index in [1.807, 2.05) is 4.90 Å². The molecule has 0 aromatic carbocycles. The number of hydroxylamine groups is 2. The van der Waals surface area contributed by atoms with Crippen LogP contribution in [0.15, 0.2) is 22.3 Å². The zero-order valence-electron chi connectivity index (χ0n) is 14.6. The highest BCUT2D eigenvalue weighted by Gasteiger charge is 2.47. The molecule has 2 atom stereocenters. The third-order valence-electron chi connectivity index (χ3n) is 4.91. The molecule has 7 heteroatoms. The highest BCUT2D eigenvalue weighted by atomic mass is 127. The number of hydrogen-bond acceptors (Lipinski definition) is 3. The van der Waals surface area contributed by atoms with Gasteiger partial charge in [-0.3, -0.25) is 4.84 Å². The fourth-order valence-corrected chi connectivity index (χ4v) is 4.27. The second-order valence-electron chi connectivity index (χ2n) is 7.55. The van der Waals surface area contributed by atoms with Crippen molar-refractivity contribution in [2.24, 2.45) is 0 Å². The number of amides is 2. The van der Waals surface area contributed by atoms with Crippen molar-refractivity contribution in [2.75, 3.05) is 19.8 Å². The van der Waals surface area contributed by atoms with E-state index in [4.69, 9.17) is 9.26 Å². The maximum atomic E-state index is 12.6. The van der Waals surface area contributed by atoms with Crippen molar-refractivity contribution in [3.8, 4) is 0 Å². The van der Waals surface area contributed by atoms with Gasteiger partial charge in [-0.25, -0.2) is 4.79 Å². The monoisotopic (exact) mass is 450 g/mol. The zero-order valence-corrected chi connectivity index (χ0v) is 17.8. The molecule has 2 amide bonds. The molecule has 2 heterocycles. The molecule has 1 saturated heterocycles. The quantitative estimate of drug-likeness (QED) is 0.350. The lowest BCUT2D eigenvalue weighted by Gasteiger charge is -2.38. The maximum Gasteiger partial charge on any atom is 0.345 e. The van der Waals surface area contributed by atoms with Crippen LogP contribution in [0, 0.1) is 0 Å². The Morgan fingerprint density at radius 2 is 2.13 bits per heavy atom. The molecule has 23 heavy (non-hydrogen) atoms. The van der Waals surface area contributed by atoms with Crippen LogP contribution in [0.1, 0.15) is 20.8 Å². The summed E-state index contributed by atoms with van der Waals surface area (Å²) < 4.78 is 7.46. The number of fused-ring (bicyclic) bond motifs is 2. The summed E-state index contributed by atoms with van der Waals surface area (Å²) in [6.07, 6.45) is 3.79. The Kier molecular flexibility index (Phi) is 5.65. The molecule has 0 aromatic rings. The van der Waals surface area contributed by atoms with Crippen LogP contribution in [-0.4, -0.2) is 56.2 Å². The van der Waals surface area contributed by atoms with E-state index in [9.17, 15) is 4.79 Å². The fraction of sp³-hybridized carbons (Fsp3) is 0.688. The molecule has 1 unspecified atom stereocenters. The summed E-state index contributed by atoms with van der Waals surface area (Å²) in [6, 6.07) is -0.104. The molecule has 5 nitrogen and oxygen atoms in total. The first kappa shape index (κ1) is 18.9. The van der Waals surface area contributed by atoms with E-state index in [0.29, 0.717) is 19.8 Å². The van der Waals surface area contributed by atoms with Crippen LogP contribution < -0.4 is 0 Å². The molecule has 0 N–H and O–H groups in total. The van der Waals surface area contributed by atoms with E-state index < -0.39 is 8.32 Å². The molecule has 2 rings (SSSR count). The van der Waals surface area contributed by atoms with Gasteiger partial charge >= 0.3 is 6.03 Å². The van der Waals surface area contributed by atoms with Crippen molar-refractivity contribution < 1.29 is 14.1 Å². The lowest BCUT2D eigenvalue weighted by molar-refractivity contribution is -0.108. The first-order valence-corrected chi connectivity index (χ1v) is 11.9. The van der Waals surface area contributed by atoms with E-state index in [1.54, 1.807) is 6.08 Å². The van der Waals surface area contributed by atoms with Crippen molar-refractivity contribution in [1.82, 2.24) is 9.96 Å². The second-order valence-corrected chi connectivity index (χ2v) is 13.6. The van der Waals surface area contributed by atoms with Crippen LogP contribution in [0.2, 0.25) is 18.1 Å². The van der Waals surface area contributed by atoms with Gasteiger partial charge in [0.25, 0.3) is 0 Å². The average molecular weight is 450 g/mol. The lowest BCUT2D eigenvalue weighted by atomic mass is 10.1. The number of hydrogen-bond donors (Lipinski definition) is 0. The van der Waals surface area contributed by atoms with Crippen LogP contribution in [0.3, 0.4) is 0 Å². The van der Waals surface area contributed by atoms with Gasteiger partial charge in [0, 0.05) is 3.58 Å². The van der Waals surface area contributed by atoms with Crippen LogP contribution in [0.4, 0.5) is 4.79 Å². The standard InChI is InChI=1S/C16H27IN2O3Si/c1-7-8-21-19-14-10-18(15(19)20)12(9-13(14)17)11-22-23(5,6)16(2,3)4/h7,9,12,14H,1,8,10-11H2,2-6H3/t12?,14-/m0/s1. The highest BCUT2D eigenvalue weighted by Crippen LogP contribution is 2.38. The smallest absolute Gasteiger partial charge is 0.345 e. The summed E-state index contributed by atoms with van der Waals surface area (Å²) in [5, 5.41) is 1.64. The molecule has 0 aliphatic carbocycles. The normalized spacial score (nSPS) is 25.0. The van der Waals surface area contributed by atoms with Gasteiger partial charge in [0.15, 0.2) is 8.32 Å². The van der Waals surface area contributed by atoms with Crippen molar-refractivity contribution in [2.45, 2.75) is 51.0 Å². The highest BCUT2D eigenvalue weighted by molar-refractivity contribution is 14.1. The van der Waals surface area contributed by atoms with E-state index in [2.05, 4.69) is 69.1 Å². The molecule has 2 bridgehead atoms. The average Bonchev–Trinajstić information content (AvgIpc) is 2.73. The SMILES string of the molecule is C=CCON1C(=O)N2C[C@H]1C(I)=CC2CO[Si](C)(C)C(C)(C)C. The predicted molar refractivity (Wildman–Crippen MR) is 103 cm³/mol. The van der Waals surface area contributed by atoms with Gasteiger partial charge in [0.2, 0.25) is 0 Å². The van der Waals surface area contributed by atoms with Gasteiger partial charge in [0.05, 0.1) is 25.8 Å². The number of rotatable bonds is 6. The van der Waals surface area contributed by atoms with Crippen LogP contribution in [0.5, 0.6) is 0 Å². The summed E-state index contributed by atoms with van der Waals surface area (Å²) in [5.41, 5.74) is 0. The summed E-state index contributed by atoms with van der Waals surface area (Å²) in [4.78, 5) is 20.0. The van der Waals surface area contributed by atoms with Gasteiger partial charge in [-0.1, -0.05) is 26.8 Å². The van der Waals surface area contributed by atoms with Gasteiger partial charge in [-0.2, -0.15) is 5.06 Å². The Morgan fingerprint density at radius 1 is 1.48 bits per heavy atom. The minimum atomic E-state index is -1.83. The number of nitrogens with zero attached hydrogens (tertiary/aromatic N) is 2. The summed E-state index contributed by atoms with van der Waals surface area (Å²) in [6.45, 7) is 16.3. The van der Waals surface area contributed by atoms with E-state index >= 15 is 0 Å². The zero-order chi connectivity index (χ0) is 17.4. The van der Waals surface area contributed by atoms with Crippen molar-refractivity contribution in [3.05, 3.63) is 22.3 Å².